The molecule has 144 valence electrons. The Balaban J connectivity index is 0.000000544. The van der Waals surface area contributed by atoms with Crippen LogP contribution in [0.4, 0.5) is 0 Å². The van der Waals surface area contributed by atoms with Gasteiger partial charge in [-0.05, 0) is 40.5 Å². The minimum absolute atomic E-state index is 0.0480. The molecule has 0 aliphatic carbocycles. The molecule has 0 saturated carbocycles. The molecule has 0 radical (unpaired) electrons. The standard InChI is InChI=1S/C10H14N2O4.C5H10O2.C2H6/c1-6-4-12(10(15)11-9(6)14)8-3-2-7(5-13)16-8;1-5(2,3)4(6)7;1-2/h4,7-8,13H,2-3,5H2,1H3,(H,11,14,15);1-3H3,(H,6,7);1-2H3. The third-order valence-corrected chi connectivity index (χ3v) is 3.39. The van der Waals surface area contributed by atoms with Crippen LogP contribution < -0.4 is 11.2 Å². The predicted octanol–water partition coefficient (Wildman–Crippen LogP) is 1.66. The van der Waals surface area contributed by atoms with Gasteiger partial charge < -0.3 is 14.9 Å². The number of aryl methyl sites for hydroxylation is 1. The third kappa shape index (κ3) is 7.23. The monoisotopic (exact) mass is 358 g/mol. The van der Waals surface area contributed by atoms with Crippen LogP contribution in [0.5, 0.6) is 0 Å². The van der Waals surface area contributed by atoms with Gasteiger partial charge in [-0.15, -0.1) is 0 Å². The van der Waals surface area contributed by atoms with E-state index in [4.69, 9.17) is 14.9 Å². The number of ether oxygens (including phenoxy) is 1. The number of aromatic amines is 1. The van der Waals surface area contributed by atoms with Gasteiger partial charge in [0.2, 0.25) is 0 Å². The highest BCUT2D eigenvalue weighted by Crippen LogP contribution is 2.26. The Kier molecular flexibility index (Phi) is 9.37. The number of aromatic nitrogens is 2. The molecule has 2 atom stereocenters. The summed E-state index contributed by atoms with van der Waals surface area (Å²) in [6.45, 7) is 10.6. The van der Waals surface area contributed by atoms with E-state index < -0.39 is 17.1 Å². The quantitative estimate of drug-likeness (QED) is 0.739. The second-order valence-electron chi connectivity index (χ2n) is 6.51. The molecule has 8 heteroatoms. The van der Waals surface area contributed by atoms with Crippen LogP contribution in [0.1, 0.15) is 59.3 Å². The number of nitrogens with one attached hydrogen (secondary N) is 1. The van der Waals surface area contributed by atoms with E-state index in [-0.39, 0.29) is 24.5 Å². The van der Waals surface area contributed by atoms with Crippen molar-refractivity contribution >= 4 is 5.97 Å². The molecule has 0 spiro atoms. The Morgan fingerprint density at radius 3 is 2.24 bits per heavy atom. The molecular formula is C17H30N2O6. The van der Waals surface area contributed by atoms with Gasteiger partial charge in [-0.25, -0.2) is 4.79 Å². The maximum absolute atomic E-state index is 11.5. The predicted molar refractivity (Wildman–Crippen MR) is 94.7 cm³/mol. The molecular weight excluding hydrogens is 328 g/mol. The zero-order chi connectivity index (χ0) is 19.8. The van der Waals surface area contributed by atoms with Crippen LogP contribution in [0, 0.1) is 12.3 Å². The number of aliphatic hydroxyl groups is 1. The molecule has 2 heterocycles. The number of H-pyrrole nitrogens is 1. The van der Waals surface area contributed by atoms with Crippen molar-refractivity contribution in [3.8, 4) is 0 Å². The van der Waals surface area contributed by atoms with E-state index in [1.165, 1.54) is 10.8 Å². The molecule has 2 unspecified atom stereocenters. The summed E-state index contributed by atoms with van der Waals surface area (Å²) in [5.41, 5.74) is -0.965. The largest absolute Gasteiger partial charge is 0.481 e. The van der Waals surface area contributed by atoms with Gasteiger partial charge in [0.25, 0.3) is 5.56 Å². The van der Waals surface area contributed by atoms with Crippen molar-refractivity contribution in [2.75, 3.05) is 6.61 Å². The zero-order valence-corrected chi connectivity index (χ0v) is 15.8. The van der Waals surface area contributed by atoms with E-state index in [1.807, 2.05) is 13.8 Å². The molecule has 1 aliphatic heterocycles. The molecule has 0 amide bonds. The highest BCUT2D eigenvalue weighted by atomic mass is 16.5. The fraction of sp³-hybridized carbons (Fsp3) is 0.706. The Hall–Kier alpha value is -1.93. The lowest BCUT2D eigenvalue weighted by molar-refractivity contribution is -0.145. The van der Waals surface area contributed by atoms with Crippen LogP contribution in [0.15, 0.2) is 15.8 Å². The SMILES string of the molecule is CC.CC(C)(C)C(=O)O.Cc1cn(C2CCC(CO)O2)c(=O)[nH]c1=O. The number of carbonyl (C=O) groups is 1. The Morgan fingerprint density at radius 2 is 1.84 bits per heavy atom. The minimum Gasteiger partial charge on any atom is -0.481 e. The second-order valence-corrected chi connectivity index (χ2v) is 6.51. The van der Waals surface area contributed by atoms with Crippen LogP contribution in [0.25, 0.3) is 0 Å². The summed E-state index contributed by atoms with van der Waals surface area (Å²) < 4.78 is 6.83. The number of aliphatic hydroxyl groups excluding tert-OH is 1. The molecule has 25 heavy (non-hydrogen) atoms. The summed E-state index contributed by atoms with van der Waals surface area (Å²) in [5, 5.41) is 17.2. The summed E-state index contributed by atoms with van der Waals surface area (Å²) in [6, 6.07) is 0. The van der Waals surface area contributed by atoms with Crippen LogP contribution in [0.3, 0.4) is 0 Å². The summed E-state index contributed by atoms with van der Waals surface area (Å²) in [7, 11) is 0. The maximum atomic E-state index is 11.5. The molecule has 1 aromatic rings. The van der Waals surface area contributed by atoms with Gasteiger partial charge in [0.15, 0.2) is 0 Å². The average molecular weight is 358 g/mol. The first-order chi connectivity index (χ1) is 11.6. The molecule has 1 fully saturated rings. The fourth-order valence-corrected chi connectivity index (χ4v) is 1.83. The lowest BCUT2D eigenvalue weighted by Crippen LogP contribution is -2.33. The lowest BCUT2D eigenvalue weighted by Gasteiger charge is -2.14. The first-order valence-electron chi connectivity index (χ1n) is 8.38. The van der Waals surface area contributed by atoms with E-state index in [0.717, 1.165) is 0 Å². The number of carboxylic acid groups (broad SMARTS) is 1. The molecule has 1 aliphatic rings. The van der Waals surface area contributed by atoms with Crippen LogP contribution >= 0.6 is 0 Å². The van der Waals surface area contributed by atoms with Crippen LogP contribution in [-0.4, -0.2) is 38.4 Å². The van der Waals surface area contributed by atoms with Gasteiger partial charge in [0, 0.05) is 11.8 Å². The number of carboxylic acids is 1. The van der Waals surface area contributed by atoms with Crippen molar-refractivity contribution in [1.29, 1.82) is 0 Å². The molecule has 8 nitrogen and oxygen atoms in total. The fourth-order valence-electron chi connectivity index (χ4n) is 1.83. The number of hydrogen-bond donors (Lipinski definition) is 3. The molecule has 2 rings (SSSR count). The van der Waals surface area contributed by atoms with Gasteiger partial charge >= 0.3 is 11.7 Å². The molecule has 0 aromatic carbocycles. The second kappa shape index (κ2) is 10.1. The van der Waals surface area contributed by atoms with Crippen molar-refractivity contribution in [2.45, 2.75) is 66.7 Å². The Labute approximate surface area is 147 Å². The summed E-state index contributed by atoms with van der Waals surface area (Å²) in [5.74, 6) is -0.757. The zero-order valence-electron chi connectivity index (χ0n) is 15.8. The summed E-state index contributed by atoms with van der Waals surface area (Å²) in [6.07, 6.45) is 2.26. The van der Waals surface area contributed by atoms with E-state index in [2.05, 4.69) is 4.98 Å². The topological polar surface area (TPSA) is 122 Å². The minimum atomic E-state index is -0.757. The van der Waals surface area contributed by atoms with Gasteiger partial charge in [-0.2, -0.15) is 0 Å². The first kappa shape index (κ1) is 23.1. The Bertz CT molecular complexity index is 656. The van der Waals surface area contributed by atoms with E-state index in [0.29, 0.717) is 18.4 Å². The van der Waals surface area contributed by atoms with Gasteiger partial charge in [-0.1, -0.05) is 13.8 Å². The van der Waals surface area contributed by atoms with Crippen molar-refractivity contribution in [3.05, 3.63) is 32.6 Å². The smallest absolute Gasteiger partial charge is 0.330 e. The Morgan fingerprint density at radius 1 is 1.32 bits per heavy atom. The number of hydrogen-bond acceptors (Lipinski definition) is 5. The average Bonchev–Trinajstić information content (AvgIpc) is 3.01. The van der Waals surface area contributed by atoms with Crippen LogP contribution in [-0.2, 0) is 9.53 Å². The number of rotatable bonds is 2. The molecule has 0 bridgehead atoms. The van der Waals surface area contributed by atoms with E-state index in [1.54, 1.807) is 27.7 Å². The van der Waals surface area contributed by atoms with Gasteiger partial charge in [-0.3, -0.25) is 19.1 Å². The molecule has 1 aromatic heterocycles. The molecule has 1 saturated heterocycles. The van der Waals surface area contributed by atoms with Gasteiger partial charge in [0.05, 0.1) is 18.1 Å². The van der Waals surface area contributed by atoms with E-state index in [9.17, 15) is 14.4 Å². The van der Waals surface area contributed by atoms with Crippen molar-refractivity contribution in [2.24, 2.45) is 5.41 Å². The molecule has 3 N–H and O–H groups in total. The lowest BCUT2D eigenvalue weighted by atomic mass is 9.98. The summed E-state index contributed by atoms with van der Waals surface area (Å²) in [4.78, 5) is 35.0. The van der Waals surface area contributed by atoms with Crippen molar-refractivity contribution < 1.29 is 19.7 Å². The maximum Gasteiger partial charge on any atom is 0.330 e. The van der Waals surface area contributed by atoms with Gasteiger partial charge in [0.1, 0.15) is 6.23 Å². The summed E-state index contributed by atoms with van der Waals surface area (Å²) >= 11 is 0. The number of nitrogens with zero attached hydrogens (tertiary/aromatic N) is 1. The van der Waals surface area contributed by atoms with E-state index >= 15 is 0 Å². The number of aliphatic carboxylic acids is 1. The highest BCUT2D eigenvalue weighted by molar-refractivity contribution is 5.72. The van der Waals surface area contributed by atoms with Crippen molar-refractivity contribution in [1.82, 2.24) is 9.55 Å². The van der Waals surface area contributed by atoms with Crippen molar-refractivity contribution in [3.63, 3.8) is 0 Å². The third-order valence-electron chi connectivity index (χ3n) is 3.39. The van der Waals surface area contributed by atoms with Crippen LogP contribution in [0.2, 0.25) is 0 Å². The normalized spacial score (nSPS) is 19.3. The first-order valence-corrected chi connectivity index (χ1v) is 8.38. The highest BCUT2D eigenvalue weighted by Gasteiger charge is 2.26.